The average Bonchev–Trinajstić information content (AvgIpc) is 3.16. The van der Waals surface area contributed by atoms with Crippen LogP contribution in [0.15, 0.2) is 21.8 Å². The number of nitrogens with one attached hydrogen (secondary N) is 2. The van der Waals surface area contributed by atoms with E-state index in [1.165, 1.54) is 5.56 Å². The summed E-state index contributed by atoms with van der Waals surface area (Å²) >= 11 is 1.74. The zero-order valence-electron chi connectivity index (χ0n) is 16.5. The minimum absolute atomic E-state index is 0.175. The van der Waals surface area contributed by atoms with E-state index in [-0.39, 0.29) is 5.91 Å². The first kappa shape index (κ1) is 20.7. The van der Waals surface area contributed by atoms with Gasteiger partial charge in [-0.1, -0.05) is 6.92 Å². The molecule has 2 heterocycles. The number of likely N-dealkylation sites (N-methyl/N-ethyl adjacent to an activating group) is 1. The van der Waals surface area contributed by atoms with Crippen LogP contribution in [0.5, 0.6) is 0 Å². The fourth-order valence-electron chi connectivity index (χ4n) is 2.97. The largest absolute Gasteiger partial charge is 0.357 e. The van der Waals surface area contributed by atoms with Gasteiger partial charge in [0, 0.05) is 52.2 Å². The normalized spacial score (nSPS) is 17.8. The van der Waals surface area contributed by atoms with E-state index in [2.05, 4.69) is 46.2 Å². The highest BCUT2D eigenvalue weighted by molar-refractivity contribution is 7.07. The summed E-state index contributed by atoms with van der Waals surface area (Å²) in [7, 11) is 3.62. The smallest absolute Gasteiger partial charge is 0.236 e. The van der Waals surface area contributed by atoms with Crippen LogP contribution < -0.4 is 10.6 Å². The molecule has 2 N–H and O–H groups in total. The fourth-order valence-corrected chi connectivity index (χ4v) is 3.75. The topological polar surface area (TPSA) is 60.0 Å². The Bertz CT molecular complexity index is 564. The summed E-state index contributed by atoms with van der Waals surface area (Å²) in [4.78, 5) is 20.5. The molecule has 0 aromatic carbocycles. The summed E-state index contributed by atoms with van der Waals surface area (Å²) in [5.41, 5.74) is 1.36. The third kappa shape index (κ3) is 6.61. The van der Waals surface area contributed by atoms with E-state index < -0.39 is 0 Å². The predicted molar refractivity (Wildman–Crippen MR) is 110 cm³/mol. The maximum Gasteiger partial charge on any atom is 0.236 e. The van der Waals surface area contributed by atoms with Gasteiger partial charge in [-0.15, -0.1) is 0 Å². The van der Waals surface area contributed by atoms with E-state index >= 15 is 0 Å². The minimum Gasteiger partial charge on any atom is -0.357 e. The highest BCUT2D eigenvalue weighted by Gasteiger charge is 2.22. The summed E-state index contributed by atoms with van der Waals surface area (Å²) in [6.07, 6.45) is 2.07. The molecule has 1 atom stereocenters. The molecule has 2 rings (SSSR count). The van der Waals surface area contributed by atoms with Crippen LogP contribution in [-0.2, 0) is 4.79 Å². The van der Waals surface area contributed by atoms with Crippen LogP contribution in [0.4, 0.5) is 0 Å². The number of carbonyl (C=O) groups excluding carboxylic acids is 1. The molecule has 6 nitrogen and oxygen atoms in total. The van der Waals surface area contributed by atoms with E-state index in [0.29, 0.717) is 18.5 Å². The number of guanidine groups is 1. The average molecular weight is 380 g/mol. The molecule has 1 unspecified atom stereocenters. The van der Waals surface area contributed by atoms with Gasteiger partial charge in [-0.05, 0) is 42.2 Å². The molecular formula is C19H33N5OS. The van der Waals surface area contributed by atoms with Crippen LogP contribution in [0.25, 0.3) is 0 Å². The quantitative estimate of drug-likeness (QED) is 0.562. The van der Waals surface area contributed by atoms with Crippen molar-refractivity contribution < 1.29 is 4.79 Å². The van der Waals surface area contributed by atoms with Gasteiger partial charge in [0.1, 0.15) is 0 Å². The number of piperidine rings is 1. The SMILES string of the molecule is CCNC(=NCC(C)c1ccsc1)NC1CCN(CC(=O)N(C)C)CC1. The van der Waals surface area contributed by atoms with Crippen LogP contribution in [0.3, 0.4) is 0 Å². The standard InChI is InChI=1S/C19H33N5OS/c1-5-20-19(21-12-15(2)16-8-11-26-14-16)22-17-6-9-24(10-7-17)13-18(25)23(3)4/h8,11,14-15,17H,5-7,9-10,12-13H2,1-4H3,(H2,20,21,22). The second kappa shape index (κ2) is 10.5. The first-order valence-corrected chi connectivity index (χ1v) is 10.4. The zero-order chi connectivity index (χ0) is 18.9. The maximum atomic E-state index is 11.8. The lowest BCUT2D eigenvalue weighted by Gasteiger charge is -2.33. The Balaban J connectivity index is 1.80. The lowest BCUT2D eigenvalue weighted by atomic mass is 10.0. The highest BCUT2D eigenvalue weighted by Crippen LogP contribution is 2.18. The Kier molecular flexibility index (Phi) is 8.38. The molecule has 0 bridgehead atoms. The van der Waals surface area contributed by atoms with Crippen LogP contribution in [0.1, 0.15) is 38.2 Å². The lowest BCUT2D eigenvalue weighted by Crippen LogP contribution is -2.50. The molecule has 7 heteroatoms. The van der Waals surface area contributed by atoms with Crippen molar-refractivity contribution >= 4 is 23.2 Å². The first-order chi connectivity index (χ1) is 12.5. The molecule has 1 aromatic heterocycles. The summed E-state index contributed by atoms with van der Waals surface area (Å²) in [5.74, 6) is 1.50. The predicted octanol–water partition coefficient (Wildman–Crippen LogP) is 1.96. The van der Waals surface area contributed by atoms with Crippen LogP contribution >= 0.6 is 11.3 Å². The van der Waals surface area contributed by atoms with Gasteiger partial charge >= 0.3 is 0 Å². The van der Waals surface area contributed by atoms with Gasteiger partial charge in [0.2, 0.25) is 5.91 Å². The van der Waals surface area contributed by atoms with Gasteiger partial charge < -0.3 is 15.5 Å². The Labute approximate surface area is 161 Å². The molecule has 0 aliphatic carbocycles. The van der Waals surface area contributed by atoms with Gasteiger partial charge in [-0.25, -0.2) is 0 Å². The number of hydrogen-bond donors (Lipinski definition) is 2. The number of nitrogens with zero attached hydrogens (tertiary/aromatic N) is 3. The number of carbonyl (C=O) groups is 1. The second-order valence-corrected chi connectivity index (χ2v) is 7.94. The molecule has 0 spiro atoms. The number of rotatable bonds is 7. The highest BCUT2D eigenvalue weighted by atomic mass is 32.1. The van der Waals surface area contributed by atoms with Gasteiger partial charge in [-0.2, -0.15) is 11.3 Å². The molecule has 146 valence electrons. The Morgan fingerprint density at radius 3 is 2.73 bits per heavy atom. The molecule has 0 radical (unpaired) electrons. The molecule has 26 heavy (non-hydrogen) atoms. The summed E-state index contributed by atoms with van der Waals surface area (Å²) in [6, 6.07) is 2.59. The molecule has 0 saturated carbocycles. The molecular weight excluding hydrogens is 346 g/mol. The molecule has 1 aromatic rings. The van der Waals surface area contributed by atoms with Gasteiger partial charge in [-0.3, -0.25) is 14.7 Å². The van der Waals surface area contributed by atoms with Gasteiger partial charge in [0.15, 0.2) is 5.96 Å². The Morgan fingerprint density at radius 2 is 2.15 bits per heavy atom. The summed E-state index contributed by atoms with van der Waals surface area (Å²) < 4.78 is 0. The van der Waals surface area contributed by atoms with Crippen molar-refractivity contribution in [3.8, 4) is 0 Å². The van der Waals surface area contributed by atoms with Gasteiger partial charge in [0.05, 0.1) is 6.54 Å². The van der Waals surface area contributed by atoms with Crippen molar-refractivity contribution in [1.82, 2.24) is 20.4 Å². The monoisotopic (exact) mass is 379 g/mol. The molecule has 1 fully saturated rings. The van der Waals surface area contributed by atoms with Crippen molar-refractivity contribution in [2.24, 2.45) is 4.99 Å². The van der Waals surface area contributed by atoms with E-state index in [1.54, 1.807) is 16.2 Å². The van der Waals surface area contributed by atoms with Crippen molar-refractivity contribution in [3.05, 3.63) is 22.4 Å². The summed E-state index contributed by atoms with van der Waals surface area (Å²) in [6.45, 7) is 8.36. The molecule has 1 aliphatic heterocycles. The number of hydrogen-bond acceptors (Lipinski definition) is 4. The Morgan fingerprint density at radius 1 is 1.42 bits per heavy atom. The fraction of sp³-hybridized carbons (Fsp3) is 0.684. The van der Waals surface area contributed by atoms with Crippen LogP contribution in [0.2, 0.25) is 0 Å². The zero-order valence-corrected chi connectivity index (χ0v) is 17.3. The maximum absolute atomic E-state index is 11.8. The van der Waals surface area contributed by atoms with Gasteiger partial charge in [0.25, 0.3) is 0 Å². The van der Waals surface area contributed by atoms with E-state index in [1.807, 2.05) is 14.1 Å². The van der Waals surface area contributed by atoms with E-state index in [0.717, 1.165) is 45.0 Å². The third-order valence-electron chi connectivity index (χ3n) is 4.77. The number of aliphatic imine (C=N–C) groups is 1. The second-order valence-electron chi connectivity index (χ2n) is 7.16. The third-order valence-corrected chi connectivity index (χ3v) is 5.47. The molecule has 1 aliphatic rings. The first-order valence-electron chi connectivity index (χ1n) is 9.49. The van der Waals surface area contributed by atoms with E-state index in [9.17, 15) is 4.79 Å². The van der Waals surface area contributed by atoms with Crippen molar-refractivity contribution in [2.45, 2.75) is 38.6 Å². The van der Waals surface area contributed by atoms with Crippen molar-refractivity contribution in [3.63, 3.8) is 0 Å². The lowest BCUT2D eigenvalue weighted by molar-refractivity contribution is -0.130. The summed E-state index contributed by atoms with van der Waals surface area (Å²) in [5, 5.41) is 11.2. The molecule has 1 saturated heterocycles. The van der Waals surface area contributed by atoms with Crippen LogP contribution in [-0.4, -0.2) is 74.5 Å². The number of likely N-dealkylation sites (tertiary alicyclic amines) is 1. The van der Waals surface area contributed by atoms with E-state index in [4.69, 9.17) is 4.99 Å². The Hall–Kier alpha value is -1.60. The molecule has 1 amide bonds. The van der Waals surface area contributed by atoms with Crippen LogP contribution in [0, 0.1) is 0 Å². The minimum atomic E-state index is 0.175. The number of thiophene rings is 1. The number of amides is 1. The van der Waals surface area contributed by atoms with Crippen molar-refractivity contribution in [2.75, 3.05) is 46.8 Å². The van der Waals surface area contributed by atoms with Crippen molar-refractivity contribution in [1.29, 1.82) is 0 Å².